The summed E-state index contributed by atoms with van der Waals surface area (Å²) in [6, 6.07) is 0.0172. The van der Waals surface area contributed by atoms with E-state index in [1.54, 1.807) is 0 Å². The first-order valence-electron chi connectivity index (χ1n) is 6.36. The van der Waals surface area contributed by atoms with E-state index in [4.69, 9.17) is 0 Å². The third kappa shape index (κ3) is 3.86. The van der Waals surface area contributed by atoms with E-state index in [0.29, 0.717) is 10.8 Å². The van der Waals surface area contributed by atoms with Crippen molar-refractivity contribution in [2.45, 2.75) is 32.0 Å². The fraction of sp³-hybridized carbons (Fsp3) is 0.750. The predicted molar refractivity (Wildman–Crippen MR) is 73.6 cm³/mol. The highest BCUT2D eigenvalue weighted by Gasteiger charge is 2.36. The van der Waals surface area contributed by atoms with Crippen molar-refractivity contribution >= 4 is 23.1 Å². The van der Waals surface area contributed by atoms with Crippen molar-refractivity contribution in [3.63, 3.8) is 0 Å². The minimum Gasteiger partial charge on any atom is -0.309 e. The molecule has 0 aliphatic carbocycles. The van der Waals surface area contributed by atoms with Crippen LogP contribution in [0.4, 0.5) is 13.2 Å². The van der Waals surface area contributed by atoms with Gasteiger partial charge in [0.15, 0.2) is 5.01 Å². The molecule has 0 saturated carbocycles. The second-order valence-electron chi connectivity index (χ2n) is 4.62. The zero-order chi connectivity index (χ0) is 13.9. The lowest BCUT2D eigenvalue weighted by molar-refractivity contribution is -0.137. The van der Waals surface area contributed by atoms with Crippen LogP contribution in [-0.4, -0.2) is 23.0 Å². The smallest absolute Gasteiger partial charge is 0.309 e. The van der Waals surface area contributed by atoms with E-state index >= 15 is 0 Å². The van der Waals surface area contributed by atoms with Crippen LogP contribution in [0.5, 0.6) is 0 Å². The number of rotatable bonds is 5. The first-order valence-corrected chi connectivity index (χ1v) is 8.33. The molecule has 1 fully saturated rings. The van der Waals surface area contributed by atoms with Crippen molar-refractivity contribution in [3.8, 4) is 0 Å². The Bertz CT molecular complexity index is 400. The van der Waals surface area contributed by atoms with Crippen LogP contribution in [-0.2, 0) is 6.18 Å². The van der Waals surface area contributed by atoms with Crippen LogP contribution in [0, 0.1) is 5.92 Å². The van der Waals surface area contributed by atoms with Crippen LogP contribution >= 0.6 is 23.1 Å². The number of thiazole rings is 1. The maximum atomic E-state index is 12.6. The van der Waals surface area contributed by atoms with Gasteiger partial charge in [-0.1, -0.05) is 6.92 Å². The SMILES string of the molecule is CCCNC(c1cnc(C(F)(F)F)s1)C1CCSC1. The molecule has 1 saturated heterocycles. The number of hydrogen-bond acceptors (Lipinski definition) is 4. The fourth-order valence-electron chi connectivity index (χ4n) is 2.18. The minimum atomic E-state index is -4.33. The van der Waals surface area contributed by atoms with Gasteiger partial charge in [-0.15, -0.1) is 11.3 Å². The lowest BCUT2D eigenvalue weighted by Crippen LogP contribution is -2.28. The third-order valence-corrected chi connectivity index (χ3v) is 5.44. The molecule has 1 aliphatic heterocycles. The summed E-state index contributed by atoms with van der Waals surface area (Å²) in [5, 5.41) is 2.64. The Morgan fingerprint density at radius 1 is 1.53 bits per heavy atom. The summed E-state index contributed by atoms with van der Waals surface area (Å²) >= 11 is 2.65. The quantitative estimate of drug-likeness (QED) is 0.891. The molecule has 0 bridgehead atoms. The number of aromatic nitrogens is 1. The van der Waals surface area contributed by atoms with Gasteiger partial charge in [0, 0.05) is 17.1 Å². The Kier molecular flexibility index (Phi) is 5.14. The molecular weight excluding hydrogens is 293 g/mol. The maximum absolute atomic E-state index is 12.6. The third-order valence-electron chi connectivity index (χ3n) is 3.12. The van der Waals surface area contributed by atoms with Gasteiger partial charge in [0.25, 0.3) is 0 Å². The maximum Gasteiger partial charge on any atom is 0.443 e. The van der Waals surface area contributed by atoms with Gasteiger partial charge in [-0.05, 0) is 36.8 Å². The van der Waals surface area contributed by atoms with Crippen LogP contribution < -0.4 is 5.32 Å². The number of thioether (sulfide) groups is 1. The average molecular weight is 310 g/mol. The van der Waals surface area contributed by atoms with Crippen molar-refractivity contribution < 1.29 is 13.2 Å². The Labute approximate surface area is 119 Å². The number of halogens is 3. The van der Waals surface area contributed by atoms with E-state index in [9.17, 15) is 13.2 Å². The van der Waals surface area contributed by atoms with E-state index in [1.807, 2.05) is 11.8 Å². The van der Waals surface area contributed by atoms with Crippen molar-refractivity contribution in [2.24, 2.45) is 5.92 Å². The Morgan fingerprint density at radius 2 is 2.32 bits per heavy atom. The van der Waals surface area contributed by atoms with E-state index in [-0.39, 0.29) is 6.04 Å². The van der Waals surface area contributed by atoms with Gasteiger partial charge in [0.1, 0.15) is 0 Å². The summed E-state index contributed by atoms with van der Waals surface area (Å²) in [7, 11) is 0. The zero-order valence-corrected chi connectivity index (χ0v) is 12.3. The van der Waals surface area contributed by atoms with Gasteiger partial charge >= 0.3 is 6.18 Å². The van der Waals surface area contributed by atoms with Crippen LogP contribution in [0.25, 0.3) is 0 Å². The van der Waals surface area contributed by atoms with Gasteiger partial charge < -0.3 is 5.32 Å². The molecule has 1 aromatic heterocycles. The largest absolute Gasteiger partial charge is 0.443 e. The molecule has 0 aromatic carbocycles. The molecule has 0 spiro atoms. The monoisotopic (exact) mass is 310 g/mol. The van der Waals surface area contributed by atoms with E-state index in [0.717, 1.165) is 42.2 Å². The molecule has 2 heterocycles. The molecule has 7 heteroatoms. The molecule has 1 aromatic rings. The molecule has 1 aliphatic rings. The van der Waals surface area contributed by atoms with Gasteiger partial charge in [0.05, 0.1) is 0 Å². The first-order chi connectivity index (χ1) is 9.02. The summed E-state index contributed by atoms with van der Waals surface area (Å²) in [4.78, 5) is 4.25. The minimum absolute atomic E-state index is 0.0172. The number of alkyl halides is 3. The van der Waals surface area contributed by atoms with Crippen LogP contribution in [0.3, 0.4) is 0 Å². The second-order valence-corrected chi connectivity index (χ2v) is 6.83. The summed E-state index contributed by atoms with van der Waals surface area (Å²) in [5.74, 6) is 2.53. The average Bonchev–Trinajstić information content (AvgIpc) is 2.99. The Morgan fingerprint density at radius 3 is 2.84 bits per heavy atom. The number of nitrogens with zero attached hydrogens (tertiary/aromatic N) is 1. The molecular formula is C12H17F3N2S2. The van der Waals surface area contributed by atoms with Gasteiger partial charge in [-0.25, -0.2) is 4.98 Å². The van der Waals surface area contributed by atoms with Crippen molar-refractivity contribution in [1.82, 2.24) is 10.3 Å². The number of hydrogen-bond donors (Lipinski definition) is 1. The fourth-order valence-corrected chi connectivity index (χ4v) is 4.43. The summed E-state index contributed by atoms with van der Waals surface area (Å²) in [5.41, 5.74) is 0. The molecule has 0 amide bonds. The molecule has 2 rings (SSSR count). The molecule has 2 unspecified atom stereocenters. The Balaban J connectivity index is 2.14. The van der Waals surface area contributed by atoms with Crippen molar-refractivity contribution in [1.29, 1.82) is 0 Å². The highest BCUT2D eigenvalue weighted by Crippen LogP contribution is 2.39. The van der Waals surface area contributed by atoms with Gasteiger partial charge in [-0.3, -0.25) is 0 Å². The lowest BCUT2D eigenvalue weighted by Gasteiger charge is -2.22. The molecule has 108 valence electrons. The molecule has 0 radical (unpaired) electrons. The molecule has 2 atom stereocenters. The van der Waals surface area contributed by atoms with Crippen LogP contribution in [0.2, 0.25) is 0 Å². The van der Waals surface area contributed by atoms with Gasteiger partial charge in [-0.2, -0.15) is 24.9 Å². The summed E-state index contributed by atoms with van der Waals surface area (Å²) < 4.78 is 37.9. The van der Waals surface area contributed by atoms with E-state index in [1.165, 1.54) is 6.20 Å². The van der Waals surface area contributed by atoms with Crippen LogP contribution in [0.15, 0.2) is 6.20 Å². The molecule has 19 heavy (non-hydrogen) atoms. The predicted octanol–water partition coefficient (Wildman–Crippen LogP) is 3.96. The summed E-state index contributed by atoms with van der Waals surface area (Å²) in [6.45, 7) is 2.88. The summed E-state index contributed by atoms with van der Waals surface area (Å²) in [6.07, 6.45) is -0.904. The van der Waals surface area contributed by atoms with E-state index < -0.39 is 11.2 Å². The van der Waals surface area contributed by atoms with Gasteiger partial charge in [0.2, 0.25) is 0 Å². The Hall–Kier alpha value is -0.270. The van der Waals surface area contributed by atoms with Crippen LogP contribution in [0.1, 0.15) is 35.7 Å². The normalized spacial score (nSPS) is 21.8. The molecule has 1 N–H and O–H groups in total. The standard InChI is InChI=1S/C12H17F3N2S2/c1-2-4-16-10(8-3-5-18-7-8)9-6-17-11(19-9)12(13,14)15/h6,8,10,16H,2-5,7H2,1H3. The topological polar surface area (TPSA) is 24.9 Å². The first kappa shape index (κ1) is 15.1. The lowest BCUT2D eigenvalue weighted by atomic mass is 9.98. The second kappa shape index (κ2) is 6.45. The zero-order valence-electron chi connectivity index (χ0n) is 10.7. The molecule has 2 nitrogen and oxygen atoms in total. The van der Waals surface area contributed by atoms with E-state index in [2.05, 4.69) is 17.2 Å². The van der Waals surface area contributed by atoms with Crippen molar-refractivity contribution in [2.75, 3.05) is 18.1 Å². The highest BCUT2D eigenvalue weighted by atomic mass is 32.2. The number of nitrogens with one attached hydrogen (secondary N) is 1. The van der Waals surface area contributed by atoms with Crippen molar-refractivity contribution in [3.05, 3.63) is 16.1 Å². The highest BCUT2D eigenvalue weighted by molar-refractivity contribution is 7.99.